The predicted octanol–water partition coefficient (Wildman–Crippen LogP) is 26.8. The molecular formula is C101H116BN3. The molecular weight excluding hydrogens is 1270 g/mol. The number of hydrogen-bond donors (Lipinski definition) is 0. The Hall–Kier alpha value is -8.99. The lowest BCUT2D eigenvalue weighted by Gasteiger charge is -2.47. The number of anilines is 6. The van der Waals surface area contributed by atoms with Crippen LogP contribution in [0.2, 0.25) is 0 Å². The third-order valence-electron chi connectivity index (χ3n) is 22.3. The molecule has 0 aliphatic carbocycles. The van der Waals surface area contributed by atoms with E-state index in [9.17, 15) is 0 Å². The lowest BCUT2D eigenvalue weighted by Crippen LogP contribution is -2.61. The Morgan fingerprint density at radius 3 is 0.762 bits per heavy atom. The Morgan fingerprint density at radius 1 is 0.219 bits per heavy atom. The maximum atomic E-state index is 5.61. The molecule has 0 saturated heterocycles. The predicted molar refractivity (Wildman–Crippen MR) is 459 cm³/mol. The molecule has 1 aromatic heterocycles. The van der Waals surface area contributed by atoms with Gasteiger partial charge in [0.1, 0.15) is 0 Å². The smallest absolute Gasteiger partial charge is 0.252 e. The average molecular weight is 1380 g/mol. The van der Waals surface area contributed by atoms with Crippen molar-refractivity contribution in [2.24, 2.45) is 0 Å². The number of benzene rings is 10. The summed E-state index contributed by atoms with van der Waals surface area (Å²) < 4.78 is 0. The number of pyridine rings is 1. The highest BCUT2D eigenvalue weighted by atomic mass is 15.2. The summed E-state index contributed by atoms with van der Waals surface area (Å²) in [6, 6.07) is 84.1. The van der Waals surface area contributed by atoms with Crippen LogP contribution < -0.4 is 26.2 Å². The third kappa shape index (κ3) is 14.4. The molecule has 3 nitrogen and oxygen atoms in total. The van der Waals surface area contributed by atoms with Crippen LogP contribution in [0.3, 0.4) is 0 Å². The zero-order valence-corrected chi connectivity index (χ0v) is 68.6. The molecule has 105 heavy (non-hydrogen) atoms. The summed E-state index contributed by atoms with van der Waals surface area (Å²) in [5.41, 5.74) is 34.7. The maximum Gasteiger partial charge on any atom is 0.252 e. The van der Waals surface area contributed by atoms with Crippen LogP contribution in [0.5, 0.6) is 0 Å². The second-order valence-corrected chi connectivity index (χ2v) is 40.0. The zero-order chi connectivity index (χ0) is 76.0. The summed E-state index contributed by atoms with van der Waals surface area (Å²) in [5.74, 6) is 0. The van der Waals surface area contributed by atoms with E-state index in [2.05, 4.69) is 409 Å². The quantitative estimate of drug-likeness (QED) is 0.141. The fourth-order valence-corrected chi connectivity index (χ4v) is 15.4. The van der Waals surface area contributed by atoms with Crippen LogP contribution in [0.4, 0.5) is 34.1 Å². The van der Waals surface area contributed by atoms with Crippen molar-refractivity contribution in [3.63, 3.8) is 0 Å². The Morgan fingerprint density at radius 2 is 0.486 bits per heavy atom. The SMILES string of the molecule is CC(C)(C)c1cc(-c2ccc3c(c2)N(c2c(-c4ccccc4)cc(C(C)(C)C)cc2-c2ccccc2)c2cc(C(C)(C)C)cc4c2B3c2ccc(-c3cc(C(C)(C)C)cc(C(C)(C)C)c3)cc2N4c2c(-c3ccccc3)cc(C(C)(C)C)cc2-c2cc(C(C)(C)C)nc(C(C)(C)C)c2)cc(C(C)(C)C)c1. The monoisotopic (exact) mass is 1380 g/mol. The Balaban J connectivity index is 1.28. The van der Waals surface area contributed by atoms with Gasteiger partial charge in [0.15, 0.2) is 0 Å². The molecule has 0 amide bonds. The fraction of sp³-hybridized carbons (Fsp3) is 0.356. The second kappa shape index (κ2) is 25.9. The van der Waals surface area contributed by atoms with Crippen molar-refractivity contribution >= 4 is 57.2 Å². The molecule has 538 valence electrons. The first-order valence-corrected chi connectivity index (χ1v) is 38.7. The van der Waals surface area contributed by atoms with E-state index in [1.165, 1.54) is 134 Å². The molecule has 11 aromatic rings. The van der Waals surface area contributed by atoms with Gasteiger partial charge in [-0.25, -0.2) is 0 Å². The standard InChI is InChI=1S/C101H116BN3/c1-93(2,3)71-47-68(48-72(55-71)94(4,5)6)66-43-45-82-84(51-66)104(91-78(63-37-31-28-32-38-63)57-75(97(13,14)15)58-79(91)64-39-33-29-34-40-64)86-61-77(99(19,20)21)62-87-90(86)102(82)83-46-44-67(69-49-73(95(7,8)9)56-74(50-69)96(10,11)12)52-85(83)105(87)92-80(65-41-35-30-36-42-65)59-76(98(16,17)18)60-81(92)70-53-88(100(22,23)24)103-89(54-70)101(25,26)27/h28-62H,1-27H3. The molecule has 2 aliphatic heterocycles. The van der Waals surface area contributed by atoms with Gasteiger partial charge < -0.3 is 9.80 Å². The van der Waals surface area contributed by atoms with E-state index in [4.69, 9.17) is 4.98 Å². The minimum absolute atomic E-state index is 0.0910. The van der Waals surface area contributed by atoms with Gasteiger partial charge in [0.25, 0.3) is 6.71 Å². The van der Waals surface area contributed by atoms with Gasteiger partial charge in [-0.1, -0.05) is 339 Å². The first-order chi connectivity index (χ1) is 48.7. The zero-order valence-electron chi connectivity index (χ0n) is 68.6. The highest BCUT2D eigenvalue weighted by Crippen LogP contribution is 2.56. The highest BCUT2D eigenvalue weighted by molar-refractivity contribution is 7.00. The Labute approximate surface area is 633 Å². The van der Waals surface area contributed by atoms with Gasteiger partial charge >= 0.3 is 0 Å². The van der Waals surface area contributed by atoms with Crippen LogP contribution in [0.15, 0.2) is 212 Å². The van der Waals surface area contributed by atoms with Crippen molar-refractivity contribution in [1.82, 2.24) is 4.98 Å². The average Bonchev–Trinajstić information content (AvgIpc) is 0.685. The van der Waals surface area contributed by atoms with Crippen molar-refractivity contribution in [3.8, 4) is 66.8 Å². The van der Waals surface area contributed by atoms with Gasteiger partial charge in [-0.2, -0.15) is 0 Å². The molecule has 0 bridgehead atoms. The van der Waals surface area contributed by atoms with Crippen LogP contribution in [-0.4, -0.2) is 11.7 Å². The normalized spacial score (nSPS) is 13.8. The molecule has 3 heterocycles. The van der Waals surface area contributed by atoms with Crippen molar-refractivity contribution in [3.05, 3.63) is 263 Å². The number of nitrogens with zero attached hydrogens (tertiary/aromatic N) is 3. The number of rotatable bonds is 8. The summed E-state index contributed by atoms with van der Waals surface area (Å²) in [4.78, 5) is 11.2. The topological polar surface area (TPSA) is 19.4 Å². The molecule has 10 aromatic carbocycles. The highest BCUT2D eigenvalue weighted by Gasteiger charge is 2.47. The fourth-order valence-electron chi connectivity index (χ4n) is 15.4. The molecule has 13 rings (SSSR count). The van der Waals surface area contributed by atoms with Crippen LogP contribution in [-0.2, 0) is 48.7 Å². The molecule has 0 unspecified atom stereocenters. The molecule has 0 fully saturated rings. The molecule has 4 heteroatoms. The van der Waals surface area contributed by atoms with Crippen LogP contribution >= 0.6 is 0 Å². The summed E-state index contributed by atoms with van der Waals surface area (Å²) in [6.07, 6.45) is 0. The summed E-state index contributed by atoms with van der Waals surface area (Å²) in [7, 11) is 0. The van der Waals surface area contributed by atoms with E-state index in [1.54, 1.807) is 0 Å². The van der Waals surface area contributed by atoms with Gasteiger partial charge in [-0.05, 0) is 198 Å². The van der Waals surface area contributed by atoms with Crippen molar-refractivity contribution in [2.45, 2.75) is 236 Å². The molecule has 0 radical (unpaired) electrons. The van der Waals surface area contributed by atoms with Crippen molar-refractivity contribution in [1.29, 1.82) is 0 Å². The van der Waals surface area contributed by atoms with E-state index >= 15 is 0 Å². The van der Waals surface area contributed by atoms with Crippen molar-refractivity contribution < 1.29 is 0 Å². The molecule has 2 aliphatic rings. The van der Waals surface area contributed by atoms with Gasteiger partial charge in [0.05, 0.1) is 11.4 Å². The summed E-state index contributed by atoms with van der Waals surface area (Å²) in [5, 5.41) is 0. The lowest BCUT2D eigenvalue weighted by molar-refractivity contribution is 0.531. The van der Waals surface area contributed by atoms with E-state index in [0.29, 0.717) is 0 Å². The van der Waals surface area contributed by atoms with E-state index in [0.717, 1.165) is 33.9 Å². The number of fused-ring (bicyclic) bond motifs is 4. The van der Waals surface area contributed by atoms with Gasteiger partial charge in [0, 0.05) is 67.2 Å². The molecule has 0 N–H and O–H groups in total. The van der Waals surface area contributed by atoms with E-state index in [-0.39, 0.29) is 55.4 Å². The maximum absolute atomic E-state index is 5.61. The number of aromatic nitrogens is 1. The molecule has 0 atom stereocenters. The summed E-state index contributed by atoms with van der Waals surface area (Å²) in [6.45, 7) is 63.6. The van der Waals surface area contributed by atoms with E-state index in [1.807, 2.05) is 0 Å². The Bertz CT molecular complexity index is 5000. The Kier molecular flexibility index (Phi) is 18.3. The van der Waals surface area contributed by atoms with Crippen LogP contribution in [0.25, 0.3) is 66.8 Å². The number of hydrogen-bond acceptors (Lipinski definition) is 3. The van der Waals surface area contributed by atoms with E-state index < -0.39 is 0 Å². The van der Waals surface area contributed by atoms with Crippen LogP contribution in [0.1, 0.15) is 237 Å². The summed E-state index contributed by atoms with van der Waals surface area (Å²) >= 11 is 0. The largest absolute Gasteiger partial charge is 0.310 e. The van der Waals surface area contributed by atoms with Gasteiger partial charge in [-0.15, -0.1) is 0 Å². The molecule has 0 saturated carbocycles. The minimum Gasteiger partial charge on any atom is -0.310 e. The molecule has 0 spiro atoms. The minimum atomic E-state index is -0.327. The van der Waals surface area contributed by atoms with Gasteiger partial charge in [-0.3, -0.25) is 4.98 Å². The first-order valence-electron chi connectivity index (χ1n) is 38.7. The lowest BCUT2D eigenvalue weighted by atomic mass is 9.33. The first kappa shape index (κ1) is 74.3. The third-order valence-corrected chi connectivity index (χ3v) is 22.3. The van der Waals surface area contributed by atoms with Crippen molar-refractivity contribution in [2.75, 3.05) is 9.80 Å². The van der Waals surface area contributed by atoms with Gasteiger partial charge in [0.2, 0.25) is 0 Å². The second-order valence-electron chi connectivity index (χ2n) is 40.0. The van der Waals surface area contributed by atoms with Crippen LogP contribution in [0, 0.1) is 0 Å².